The fourth-order valence-electron chi connectivity index (χ4n) is 1.71. The Morgan fingerprint density at radius 1 is 1.17 bits per heavy atom. The van der Waals surface area contributed by atoms with E-state index in [2.05, 4.69) is 30.3 Å². The molecule has 0 aliphatic heterocycles. The average molecular weight is 242 g/mol. The molecule has 2 aliphatic rings. The van der Waals surface area contributed by atoms with Gasteiger partial charge in [0.05, 0.1) is 6.26 Å². The molecule has 3 nitrogen and oxygen atoms in total. The minimum atomic E-state index is -0.745. The van der Waals surface area contributed by atoms with Crippen LogP contribution in [0.2, 0.25) is 0 Å². The van der Waals surface area contributed by atoms with E-state index in [1.807, 2.05) is 12.1 Å². The van der Waals surface area contributed by atoms with Crippen LogP contribution >= 0.6 is 0 Å². The van der Waals surface area contributed by atoms with Crippen LogP contribution in [0.3, 0.4) is 0 Å². The molecule has 92 valence electrons. The van der Waals surface area contributed by atoms with E-state index < -0.39 is 5.97 Å². The Hall–Kier alpha value is -2.29. The standard InChI is InChI=1S/C12H8O.C3H6O2/c1-3-9-4-2-6-11(9)12-10(5-1)7-8-13-12;1-2-3(4)5/h1-8H;2H2,1H3,(H,4,5). The van der Waals surface area contributed by atoms with Gasteiger partial charge in [-0.3, -0.25) is 4.79 Å². The second-order valence-corrected chi connectivity index (χ2v) is 3.87. The van der Waals surface area contributed by atoms with Crippen molar-refractivity contribution in [3.8, 4) is 11.1 Å². The summed E-state index contributed by atoms with van der Waals surface area (Å²) >= 11 is 0. The molecule has 0 radical (unpaired) electrons. The molecule has 0 saturated heterocycles. The van der Waals surface area contributed by atoms with E-state index in [4.69, 9.17) is 9.52 Å². The van der Waals surface area contributed by atoms with E-state index in [1.165, 1.54) is 11.1 Å². The fourth-order valence-corrected chi connectivity index (χ4v) is 1.71. The second-order valence-electron chi connectivity index (χ2n) is 3.87. The Morgan fingerprint density at radius 2 is 1.83 bits per heavy atom. The van der Waals surface area contributed by atoms with Crippen molar-refractivity contribution in [3.63, 3.8) is 0 Å². The van der Waals surface area contributed by atoms with Gasteiger partial charge < -0.3 is 9.52 Å². The molecule has 1 N–H and O–H groups in total. The van der Waals surface area contributed by atoms with Gasteiger partial charge in [0.1, 0.15) is 5.58 Å². The molecule has 0 saturated carbocycles. The third kappa shape index (κ3) is 2.51. The fraction of sp³-hybridized carbons (Fsp3) is 0.133. The maximum Gasteiger partial charge on any atom is 0.303 e. The molecule has 0 bridgehead atoms. The summed E-state index contributed by atoms with van der Waals surface area (Å²) in [6.07, 6.45) is 1.96. The first-order valence-electron chi connectivity index (χ1n) is 5.79. The van der Waals surface area contributed by atoms with Crippen LogP contribution in [0.25, 0.3) is 22.1 Å². The summed E-state index contributed by atoms with van der Waals surface area (Å²) in [4.78, 5) is 9.37. The quantitative estimate of drug-likeness (QED) is 0.701. The maximum absolute atomic E-state index is 9.37. The molecule has 1 heterocycles. The van der Waals surface area contributed by atoms with Crippen LogP contribution in [0.15, 0.2) is 53.1 Å². The summed E-state index contributed by atoms with van der Waals surface area (Å²) in [6.45, 7) is 1.60. The van der Waals surface area contributed by atoms with Crippen LogP contribution in [0.1, 0.15) is 13.3 Å². The number of rotatable bonds is 1. The SMILES string of the molecule is CCC(=O)O.c1cc2cccc3ccoc3c-2c1. The molecule has 0 aromatic carbocycles. The predicted octanol–water partition coefficient (Wildman–Crippen LogP) is 4.02. The Balaban J connectivity index is 0.000000209. The summed E-state index contributed by atoms with van der Waals surface area (Å²) in [5.74, 6) is -0.745. The van der Waals surface area contributed by atoms with Gasteiger partial charge in [0.2, 0.25) is 0 Å². The van der Waals surface area contributed by atoms with Gasteiger partial charge in [-0.05, 0) is 11.6 Å². The summed E-state index contributed by atoms with van der Waals surface area (Å²) in [7, 11) is 0. The lowest BCUT2D eigenvalue weighted by Crippen LogP contribution is -1.86. The normalized spacial score (nSPS) is 10.1. The Labute approximate surface area is 105 Å². The van der Waals surface area contributed by atoms with Gasteiger partial charge in [0.25, 0.3) is 0 Å². The lowest BCUT2D eigenvalue weighted by Gasteiger charge is -1.90. The molecule has 3 heteroatoms. The highest BCUT2D eigenvalue weighted by atomic mass is 16.4. The largest absolute Gasteiger partial charge is 0.481 e. The van der Waals surface area contributed by atoms with Crippen molar-refractivity contribution in [2.75, 3.05) is 0 Å². The van der Waals surface area contributed by atoms with Crippen LogP contribution in [0.4, 0.5) is 0 Å². The third-order valence-corrected chi connectivity index (χ3v) is 2.64. The molecular formula is C15H14O3. The van der Waals surface area contributed by atoms with Crippen molar-refractivity contribution >= 4 is 16.9 Å². The van der Waals surface area contributed by atoms with Crippen LogP contribution in [0.5, 0.6) is 0 Å². The zero-order chi connectivity index (χ0) is 13.0. The predicted molar refractivity (Wildman–Crippen MR) is 70.8 cm³/mol. The first kappa shape index (κ1) is 12.2. The van der Waals surface area contributed by atoms with E-state index in [1.54, 1.807) is 13.2 Å². The number of carboxylic acid groups (broad SMARTS) is 1. The summed E-state index contributed by atoms with van der Waals surface area (Å²) in [5.41, 5.74) is 3.39. The number of hydrogen-bond acceptors (Lipinski definition) is 2. The molecule has 3 rings (SSSR count). The van der Waals surface area contributed by atoms with Gasteiger partial charge in [0.15, 0.2) is 0 Å². The lowest BCUT2D eigenvalue weighted by atomic mass is 10.2. The van der Waals surface area contributed by atoms with Crippen molar-refractivity contribution in [2.24, 2.45) is 0 Å². The molecule has 1 aromatic heterocycles. The molecule has 0 spiro atoms. The van der Waals surface area contributed by atoms with Crippen molar-refractivity contribution in [3.05, 3.63) is 48.7 Å². The summed E-state index contributed by atoms with van der Waals surface area (Å²) in [6, 6.07) is 14.4. The molecule has 0 amide bonds. The molecule has 0 atom stereocenters. The second kappa shape index (κ2) is 5.36. The average Bonchev–Trinajstić information content (AvgIpc) is 2.97. The van der Waals surface area contributed by atoms with Crippen molar-refractivity contribution in [2.45, 2.75) is 13.3 Å². The van der Waals surface area contributed by atoms with E-state index in [0.717, 1.165) is 11.0 Å². The van der Waals surface area contributed by atoms with Gasteiger partial charge in [0, 0.05) is 17.4 Å². The Morgan fingerprint density at radius 3 is 2.50 bits per heavy atom. The minimum Gasteiger partial charge on any atom is -0.481 e. The highest BCUT2D eigenvalue weighted by Crippen LogP contribution is 2.30. The zero-order valence-electron chi connectivity index (χ0n) is 10.1. The summed E-state index contributed by atoms with van der Waals surface area (Å²) < 4.78 is 5.45. The highest BCUT2D eigenvalue weighted by Gasteiger charge is 2.06. The molecular weight excluding hydrogens is 228 g/mol. The lowest BCUT2D eigenvalue weighted by molar-refractivity contribution is -0.136. The number of fused-ring (bicyclic) bond motifs is 3. The number of furan rings is 1. The smallest absolute Gasteiger partial charge is 0.303 e. The number of hydrogen-bond donors (Lipinski definition) is 1. The third-order valence-electron chi connectivity index (χ3n) is 2.64. The van der Waals surface area contributed by atoms with Crippen molar-refractivity contribution in [1.82, 2.24) is 0 Å². The monoisotopic (exact) mass is 242 g/mol. The van der Waals surface area contributed by atoms with Gasteiger partial charge in [-0.1, -0.05) is 43.3 Å². The Kier molecular flexibility index (Phi) is 3.63. The maximum atomic E-state index is 9.37. The van der Waals surface area contributed by atoms with Crippen LogP contribution < -0.4 is 0 Å². The van der Waals surface area contributed by atoms with Gasteiger partial charge in [-0.2, -0.15) is 0 Å². The van der Waals surface area contributed by atoms with Crippen LogP contribution in [0, 0.1) is 0 Å². The molecule has 18 heavy (non-hydrogen) atoms. The van der Waals surface area contributed by atoms with E-state index in [-0.39, 0.29) is 6.42 Å². The number of carboxylic acids is 1. The van der Waals surface area contributed by atoms with E-state index >= 15 is 0 Å². The van der Waals surface area contributed by atoms with Crippen LogP contribution in [-0.4, -0.2) is 11.1 Å². The topological polar surface area (TPSA) is 50.4 Å². The number of aliphatic carboxylic acids is 1. The Bertz CT molecular complexity index is 625. The van der Waals surface area contributed by atoms with Gasteiger partial charge >= 0.3 is 5.97 Å². The first-order chi connectivity index (χ1) is 8.72. The van der Waals surface area contributed by atoms with E-state index in [9.17, 15) is 4.79 Å². The summed E-state index contributed by atoms with van der Waals surface area (Å²) in [5, 5.41) is 8.88. The van der Waals surface area contributed by atoms with Gasteiger partial charge in [-0.25, -0.2) is 0 Å². The highest BCUT2D eigenvalue weighted by molar-refractivity contribution is 5.92. The van der Waals surface area contributed by atoms with Crippen molar-refractivity contribution < 1.29 is 14.3 Å². The van der Waals surface area contributed by atoms with Gasteiger partial charge in [-0.15, -0.1) is 0 Å². The molecule has 0 fully saturated rings. The molecule has 1 aromatic rings. The molecule has 2 aliphatic carbocycles. The first-order valence-corrected chi connectivity index (χ1v) is 5.79. The number of carbonyl (C=O) groups is 1. The zero-order valence-corrected chi connectivity index (χ0v) is 10.1. The van der Waals surface area contributed by atoms with Crippen molar-refractivity contribution in [1.29, 1.82) is 0 Å². The molecule has 0 unspecified atom stereocenters. The van der Waals surface area contributed by atoms with Crippen LogP contribution in [-0.2, 0) is 4.79 Å². The van der Waals surface area contributed by atoms with E-state index in [0.29, 0.717) is 0 Å². The minimum absolute atomic E-state index is 0.222.